The van der Waals surface area contributed by atoms with Gasteiger partial charge in [-0.15, -0.1) is 0 Å². The van der Waals surface area contributed by atoms with Gasteiger partial charge in [0.15, 0.2) is 0 Å². The number of rotatable bonds is 5. The Morgan fingerprint density at radius 1 is 1.33 bits per heavy atom. The first kappa shape index (κ1) is 18.0. The number of nitrogens with zero attached hydrogens (tertiary/aromatic N) is 2. The molecule has 0 radical (unpaired) electrons. The summed E-state index contributed by atoms with van der Waals surface area (Å²) in [6, 6.07) is 6.71. The summed E-state index contributed by atoms with van der Waals surface area (Å²) in [6.07, 6.45) is 0.162. The summed E-state index contributed by atoms with van der Waals surface area (Å²) < 4.78 is 26.8. The van der Waals surface area contributed by atoms with Crippen molar-refractivity contribution >= 4 is 21.6 Å². The third kappa shape index (κ3) is 4.99. The van der Waals surface area contributed by atoms with Crippen LogP contribution in [0.5, 0.6) is 0 Å². The molecule has 116 valence electrons. The van der Waals surface area contributed by atoms with Gasteiger partial charge in [-0.25, -0.2) is 8.42 Å². The van der Waals surface area contributed by atoms with E-state index < -0.39 is 10.0 Å². The largest absolute Gasteiger partial charge is 0.243 e. The molecule has 0 spiro atoms. The SMILES string of the molecule is Cc1ccc(S(=O)(=O)N(CCC#N)CC(C)(C)C)cc1Cl. The molecule has 0 saturated heterocycles. The molecule has 0 atom stereocenters. The fourth-order valence-corrected chi connectivity index (χ4v) is 3.81. The number of aryl methyl sites for hydroxylation is 1. The highest BCUT2D eigenvalue weighted by atomic mass is 35.5. The highest BCUT2D eigenvalue weighted by molar-refractivity contribution is 7.89. The van der Waals surface area contributed by atoms with Gasteiger partial charge in [0.25, 0.3) is 0 Å². The summed E-state index contributed by atoms with van der Waals surface area (Å²) in [4.78, 5) is 0.167. The predicted octanol–water partition coefficient (Wildman–Crippen LogP) is 3.60. The topological polar surface area (TPSA) is 61.2 Å². The lowest BCUT2D eigenvalue weighted by molar-refractivity contribution is 0.285. The summed E-state index contributed by atoms with van der Waals surface area (Å²) in [5.41, 5.74) is 0.631. The first-order valence-corrected chi connectivity index (χ1v) is 8.53. The second-order valence-corrected chi connectivity index (χ2v) is 8.56. The highest BCUT2D eigenvalue weighted by Gasteiger charge is 2.28. The molecule has 1 aromatic carbocycles. The standard InChI is InChI=1S/C15H21ClN2O2S/c1-12-6-7-13(10-14(12)16)21(19,20)18(9-5-8-17)11-15(2,3)4/h6-7,10H,5,9,11H2,1-4H3. The van der Waals surface area contributed by atoms with Crippen molar-refractivity contribution in [3.05, 3.63) is 28.8 Å². The molecule has 0 aliphatic rings. The lowest BCUT2D eigenvalue weighted by Gasteiger charge is -2.28. The molecule has 1 aromatic rings. The Morgan fingerprint density at radius 2 is 1.95 bits per heavy atom. The normalized spacial score (nSPS) is 12.4. The van der Waals surface area contributed by atoms with Crippen molar-refractivity contribution in [1.82, 2.24) is 4.31 Å². The second-order valence-electron chi connectivity index (χ2n) is 6.22. The minimum Gasteiger partial charge on any atom is -0.207 e. The number of benzene rings is 1. The van der Waals surface area contributed by atoms with E-state index in [4.69, 9.17) is 16.9 Å². The molecule has 4 nitrogen and oxygen atoms in total. The predicted molar refractivity (Wildman–Crippen MR) is 84.6 cm³/mol. The Morgan fingerprint density at radius 3 is 2.43 bits per heavy atom. The Balaban J connectivity index is 3.19. The molecule has 0 heterocycles. The van der Waals surface area contributed by atoms with E-state index in [-0.39, 0.29) is 23.3 Å². The van der Waals surface area contributed by atoms with Gasteiger partial charge in [0.05, 0.1) is 11.0 Å². The number of hydrogen-bond donors (Lipinski definition) is 0. The van der Waals surface area contributed by atoms with Gasteiger partial charge in [0.1, 0.15) is 0 Å². The van der Waals surface area contributed by atoms with Crippen LogP contribution in [0.15, 0.2) is 23.1 Å². The van der Waals surface area contributed by atoms with E-state index in [1.54, 1.807) is 12.1 Å². The van der Waals surface area contributed by atoms with E-state index in [2.05, 4.69) is 0 Å². The fourth-order valence-electron chi connectivity index (χ4n) is 1.87. The zero-order valence-corrected chi connectivity index (χ0v) is 14.4. The summed E-state index contributed by atoms with van der Waals surface area (Å²) in [6.45, 7) is 8.24. The zero-order chi connectivity index (χ0) is 16.3. The van der Waals surface area contributed by atoms with Gasteiger partial charge in [-0.1, -0.05) is 38.4 Å². The molecule has 1 rings (SSSR count). The molecule has 21 heavy (non-hydrogen) atoms. The highest BCUT2D eigenvalue weighted by Crippen LogP contribution is 2.25. The monoisotopic (exact) mass is 328 g/mol. The lowest BCUT2D eigenvalue weighted by Crippen LogP contribution is -2.38. The van der Waals surface area contributed by atoms with Gasteiger partial charge >= 0.3 is 0 Å². The smallest absolute Gasteiger partial charge is 0.207 e. The van der Waals surface area contributed by atoms with Crippen molar-refractivity contribution in [2.75, 3.05) is 13.1 Å². The molecular weight excluding hydrogens is 308 g/mol. The molecule has 0 aliphatic carbocycles. The number of nitriles is 1. The van der Waals surface area contributed by atoms with Crippen LogP contribution in [-0.4, -0.2) is 25.8 Å². The lowest BCUT2D eigenvalue weighted by atomic mass is 9.97. The van der Waals surface area contributed by atoms with Gasteiger partial charge < -0.3 is 0 Å². The van der Waals surface area contributed by atoms with E-state index in [1.165, 1.54) is 10.4 Å². The first-order valence-electron chi connectivity index (χ1n) is 6.71. The third-order valence-electron chi connectivity index (χ3n) is 2.90. The van der Waals surface area contributed by atoms with E-state index in [1.807, 2.05) is 33.8 Å². The molecule has 0 amide bonds. The van der Waals surface area contributed by atoms with Crippen molar-refractivity contribution in [3.8, 4) is 6.07 Å². The van der Waals surface area contributed by atoms with E-state index in [9.17, 15) is 8.42 Å². The van der Waals surface area contributed by atoms with Crippen molar-refractivity contribution in [3.63, 3.8) is 0 Å². The molecule has 0 fully saturated rings. The van der Waals surface area contributed by atoms with Crippen molar-refractivity contribution < 1.29 is 8.42 Å². The average Bonchev–Trinajstić information content (AvgIpc) is 2.36. The quantitative estimate of drug-likeness (QED) is 0.829. The maximum absolute atomic E-state index is 12.7. The van der Waals surface area contributed by atoms with E-state index in [0.717, 1.165) is 5.56 Å². The fraction of sp³-hybridized carbons (Fsp3) is 0.533. The van der Waals surface area contributed by atoms with Gasteiger partial charge in [0.2, 0.25) is 10.0 Å². The molecule has 0 aliphatic heterocycles. The number of halogens is 1. The Labute approximate surface area is 132 Å². The average molecular weight is 329 g/mol. The van der Waals surface area contributed by atoms with Gasteiger partial charge in [-0.2, -0.15) is 9.57 Å². The van der Waals surface area contributed by atoms with Crippen molar-refractivity contribution in [1.29, 1.82) is 5.26 Å². The van der Waals surface area contributed by atoms with Gasteiger partial charge in [-0.3, -0.25) is 0 Å². The van der Waals surface area contributed by atoms with Crippen LogP contribution < -0.4 is 0 Å². The van der Waals surface area contributed by atoms with Crippen molar-refractivity contribution in [2.24, 2.45) is 5.41 Å². The summed E-state index contributed by atoms with van der Waals surface area (Å²) >= 11 is 6.03. The molecule has 0 bridgehead atoms. The maximum atomic E-state index is 12.7. The summed E-state index contributed by atoms with van der Waals surface area (Å²) in [7, 11) is -3.65. The summed E-state index contributed by atoms with van der Waals surface area (Å²) in [5, 5.41) is 9.16. The second kappa shape index (κ2) is 6.78. The Bertz CT molecular complexity index is 643. The minimum absolute atomic E-state index is 0.162. The van der Waals surface area contributed by atoms with Gasteiger partial charge in [0, 0.05) is 24.5 Å². The van der Waals surface area contributed by atoms with Crippen LogP contribution in [0.2, 0.25) is 5.02 Å². The van der Waals surface area contributed by atoms with E-state index in [0.29, 0.717) is 11.6 Å². The molecule has 6 heteroatoms. The van der Waals surface area contributed by atoms with Crippen LogP contribution in [0.4, 0.5) is 0 Å². The van der Waals surface area contributed by atoms with Crippen LogP contribution in [0, 0.1) is 23.7 Å². The molecule has 0 N–H and O–H groups in total. The minimum atomic E-state index is -3.65. The third-order valence-corrected chi connectivity index (χ3v) is 5.15. The molecule has 0 unspecified atom stereocenters. The molecule has 0 aromatic heterocycles. The van der Waals surface area contributed by atoms with Gasteiger partial charge in [-0.05, 0) is 30.0 Å². The number of hydrogen-bond acceptors (Lipinski definition) is 3. The van der Waals surface area contributed by atoms with Crippen LogP contribution in [-0.2, 0) is 10.0 Å². The van der Waals surface area contributed by atoms with Crippen LogP contribution in [0.25, 0.3) is 0 Å². The summed E-state index contributed by atoms with van der Waals surface area (Å²) in [5.74, 6) is 0. The number of sulfonamides is 1. The van der Waals surface area contributed by atoms with Crippen molar-refractivity contribution in [2.45, 2.75) is 39.0 Å². The Hall–Kier alpha value is -1.09. The molecule has 0 saturated carbocycles. The first-order chi connectivity index (χ1) is 9.58. The van der Waals surface area contributed by atoms with Crippen LogP contribution in [0.1, 0.15) is 32.8 Å². The van der Waals surface area contributed by atoms with Crippen LogP contribution >= 0.6 is 11.6 Å². The zero-order valence-electron chi connectivity index (χ0n) is 12.9. The Kier molecular flexibility index (Phi) is 5.80. The maximum Gasteiger partial charge on any atom is 0.243 e. The van der Waals surface area contributed by atoms with E-state index >= 15 is 0 Å². The van der Waals surface area contributed by atoms with Crippen LogP contribution in [0.3, 0.4) is 0 Å². The molecular formula is C15H21ClN2O2S.